The van der Waals surface area contributed by atoms with Crippen LogP contribution in [-0.2, 0) is 11.3 Å². The minimum Gasteiger partial charge on any atom is -0.481 e. The number of unbranched alkanes of at least 4 members (excludes halogenated alkanes) is 1. The molecule has 3 N–H and O–H groups in total. The summed E-state index contributed by atoms with van der Waals surface area (Å²) in [6.07, 6.45) is 1.38. The minimum absolute atomic E-state index is 0.141. The molecular weight excluding hydrogens is 312 g/mol. The molecule has 0 bridgehead atoms. The molecule has 1 rings (SSSR count). The molecule has 0 aliphatic heterocycles. The quantitative estimate of drug-likeness (QED) is 0.673. The number of carboxylic acid groups (broad SMARTS) is 1. The van der Waals surface area contributed by atoms with Crippen LogP contribution in [0.3, 0.4) is 0 Å². The second-order valence-corrected chi connectivity index (χ2v) is 5.00. The fourth-order valence-corrected chi connectivity index (χ4v) is 1.71. The molecule has 0 atom stereocenters. The summed E-state index contributed by atoms with van der Waals surface area (Å²) < 4.78 is 0.999. The highest BCUT2D eigenvalue weighted by Crippen LogP contribution is 2.10. The van der Waals surface area contributed by atoms with Gasteiger partial charge in [-0.15, -0.1) is 0 Å². The summed E-state index contributed by atoms with van der Waals surface area (Å²) in [7, 11) is 0. The molecule has 0 saturated heterocycles. The van der Waals surface area contributed by atoms with E-state index in [0.717, 1.165) is 10.0 Å². The van der Waals surface area contributed by atoms with E-state index in [-0.39, 0.29) is 12.5 Å². The number of nitrogens with one attached hydrogen (secondary N) is 2. The SMILES string of the molecule is O=C(O)CCCCNC(=O)NCc1ccc(Br)cc1. The van der Waals surface area contributed by atoms with Crippen LogP contribution in [0.15, 0.2) is 28.7 Å². The van der Waals surface area contributed by atoms with Crippen LogP contribution in [0.5, 0.6) is 0 Å². The van der Waals surface area contributed by atoms with Crippen molar-refractivity contribution >= 4 is 27.9 Å². The lowest BCUT2D eigenvalue weighted by atomic mass is 10.2. The van der Waals surface area contributed by atoms with E-state index in [4.69, 9.17) is 5.11 Å². The number of urea groups is 1. The van der Waals surface area contributed by atoms with E-state index in [1.165, 1.54) is 0 Å². The Hall–Kier alpha value is -1.56. The highest BCUT2D eigenvalue weighted by atomic mass is 79.9. The number of amides is 2. The van der Waals surface area contributed by atoms with E-state index in [1.54, 1.807) is 0 Å². The van der Waals surface area contributed by atoms with E-state index < -0.39 is 5.97 Å². The summed E-state index contributed by atoms with van der Waals surface area (Å²) in [5, 5.41) is 13.9. The number of benzene rings is 1. The maximum Gasteiger partial charge on any atom is 0.315 e. The highest BCUT2D eigenvalue weighted by molar-refractivity contribution is 9.10. The predicted octanol–water partition coefficient (Wildman–Crippen LogP) is 2.50. The molecule has 0 aromatic heterocycles. The molecule has 1 aromatic carbocycles. The van der Waals surface area contributed by atoms with Crippen LogP contribution in [0.4, 0.5) is 4.79 Å². The van der Waals surface area contributed by atoms with Crippen molar-refractivity contribution in [3.8, 4) is 0 Å². The fraction of sp³-hybridized carbons (Fsp3) is 0.385. The topological polar surface area (TPSA) is 78.4 Å². The summed E-state index contributed by atoms with van der Waals surface area (Å²) in [5.74, 6) is -0.806. The third-order valence-corrected chi connectivity index (χ3v) is 3.00. The molecule has 5 nitrogen and oxygen atoms in total. The summed E-state index contributed by atoms with van der Waals surface area (Å²) in [6, 6.07) is 7.45. The Bertz CT molecular complexity index is 420. The number of aliphatic carboxylic acids is 1. The van der Waals surface area contributed by atoms with Crippen LogP contribution in [0.25, 0.3) is 0 Å². The minimum atomic E-state index is -0.806. The van der Waals surface area contributed by atoms with Gasteiger partial charge in [-0.05, 0) is 30.5 Å². The smallest absolute Gasteiger partial charge is 0.315 e. The Morgan fingerprint density at radius 1 is 1.11 bits per heavy atom. The maximum atomic E-state index is 11.4. The molecule has 1 aromatic rings. The third kappa shape index (κ3) is 7.46. The summed E-state index contributed by atoms with van der Waals surface area (Å²) in [6.45, 7) is 0.952. The number of hydrogen-bond acceptors (Lipinski definition) is 2. The van der Waals surface area contributed by atoms with Crippen LogP contribution >= 0.6 is 15.9 Å². The number of carbonyl (C=O) groups excluding carboxylic acids is 1. The van der Waals surface area contributed by atoms with Gasteiger partial charge in [-0.25, -0.2) is 4.79 Å². The number of rotatable bonds is 7. The van der Waals surface area contributed by atoms with Gasteiger partial charge in [0.15, 0.2) is 0 Å². The number of carbonyl (C=O) groups is 2. The van der Waals surface area contributed by atoms with Gasteiger partial charge in [0, 0.05) is 24.0 Å². The van der Waals surface area contributed by atoms with Crippen molar-refractivity contribution in [3.63, 3.8) is 0 Å². The van der Waals surface area contributed by atoms with Gasteiger partial charge in [-0.1, -0.05) is 28.1 Å². The van der Waals surface area contributed by atoms with E-state index in [9.17, 15) is 9.59 Å². The van der Waals surface area contributed by atoms with Gasteiger partial charge in [0.25, 0.3) is 0 Å². The molecule has 0 heterocycles. The molecule has 0 fully saturated rings. The predicted molar refractivity (Wildman–Crippen MR) is 75.9 cm³/mol. The standard InChI is InChI=1S/C13H17BrN2O3/c14-11-6-4-10(5-7-11)9-16-13(19)15-8-2-1-3-12(17)18/h4-7H,1-3,8-9H2,(H,17,18)(H2,15,16,19). The average molecular weight is 329 g/mol. The maximum absolute atomic E-state index is 11.4. The zero-order chi connectivity index (χ0) is 14.1. The van der Waals surface area contributed by atoms with Crippen molar-refractivity contribution in [2.45, 2.75) is 25.8 Å². The Balaban J connectivity index is 2.11. The lowest BCUT2D eigenvalue weighted by molar-refractivity contribution is -0.137. The Labute approximate surface area is 120 Å². The van der Waals surface area contributed by atoms with Crippen LogP contribution in [0, 0.1) is 0 Å². The van der Waals surface area contributed by atoms with Gasteiger partial charge in [0.05, 0.1) is 0 Å². The largest absolute Gasteiger partial charge is 0.481 e. The van der Waals surface area contributed by atoms with Crippen molar-refractivity contribution in [2.75, 3.05) is 6.54 Å². The van der Waals surface area contributed by atoms with Crippen LogP contribution in [-0.4, -0.2) is 23.7 Å². The van der Waals surface area contributed by atoms with Crippen molar-refractivity contribution < 1.29 is 14.7 Å². The van der Waals surface area contributed by atoms with Crippen LogP contribution in [0.2, 0.25) is 0 Å². The Morgan fingerprint density at radius 2 is 1.79 bits per heavy atom. The number of halogens is 1. The third-order valence-electron chi connectivity index (χ3n) is 2.47. The molecule has 19 heavy (non-hydrogen) atoms. The van der Waals surface area contributed by atoms with Gasteiger partial charge >= 0.3 is 12.0 Å². The fourth-order valence-electron chi connectivity index (χ4n) is 1.45. The molecule has 0 radical (unpaired) electrons. The van der Waals surface area contributed by atoms with Crippen LogP contribution in [0.1, 0.15) is 24.8 Å². The highest BCUT2D eigenvalue weighted by Gasteiger charge is 2.01. The molecule has 6 heteroatoms. The monoisotopic (exact) mass is 328 g/mol. The molecule has 0 spiro atoms. The van der Waals surface area contributed by atoms with Gasteiger partial charge < -0.3 is 15.7 Å². The van der Waals surface area contributed by atoms with Crippen molar-refractivity contribution in [3.05, 3.63) is 34.3 Å². The second kappa shape index (κ2) is 8.53. The first-order valence-electron chi connectivity index (χ1n) is 6.06. The van der Waals surface area contributed by atoms with E-state index in [1.807, 2.05) is 24.3 Å². The summed E-state index contributed by atoms with van der Waals surface area (Å²) in [4.78, 5) is 21.7. The second-order valence-electron chi connectivity index (χ2n) is 4.09. The Kier molecular flexibility index (Phi) is 6.95. The molecular formula is C13H17BrN2O3. The van der Waals surface area contributed by atoms with E-state index in [2.05, 4.69) is 26.6 Å². The molecule has 0 saturated carbocycles. The molecule has 0 unspecified atom stereocenters. The first-order valence-corrected chi connectivity index (χ1v) is 6.85. The molecule has 104 valence electrons. The lowest BCUT2D eigenvalue weighted by Crippen LogP contribution is -2.35. The first-order chi connectivity index (χ1) is 9.08. The Morgan fingerprint density at radius 3 is 2.42 bits per heavy atom. The average Bonchev–Trinajstić information content (AvgIpc) is 2.37. The van der Waals surface area contributed by atoms with Gasteiger partial charge in [-0.2, -0.15) is 0 Å². The van der Waals surface area contributed by atoms with Gasteiger partial charge in [0.2, 0.25) is 0 Å². The number of carboxylic acids is 1. The van der Waals surface area contributed by atoms with E-state index >= 15 is 0 Å². The van der Waals surface area contributed by atoms with Gasteiger partial charge in [0.1, 0.15) is 0 Å². The van der Waals surface area contributed by atoms with E-state index in [0.29, 0.717) is 25.9 Å². The van der Waals surface area contributed by atoms with Crippen molar-refractivity contribution in [1.82, 2.24) is 10.6 Å². The molecule has 2 amide bonds. The lowest BCUT2D eigenvalue weighted by Gasteiger charge is -2.07. The zero-order valence-corrected chi connectivity index (χ0v) is 12.1. The normalized spacial score (nSPS) is 9.95. The number of hydrogen-bond donors (Lipinski definition) is 3. The zero-order valence-electron chi connectivity index (χ0n) is 10.5. The molecule has 0 aliphatic carbocycles. The van der Waals surface area contributed by atoms with Crippen LogP contribution < -0.4 is 10.6 Å². The van der Waals surface area contributed by atoms with Gasteiger partial charge in [-0.3, -0.25) is 4.79 Å². The summed E-state index contributed by atoms with van der Waals surface area (Å²) in [5.41, 5.74) is 1.02. The van der Waals surface area contributed by atoms with Crippen molar-refractivity contribution in [2.24, 2.45) is 0 Å². The summed E-state index contributed by atoms with van der Waals surface area (Å²) >= 11 is 3.34. The van der Waals surface area contributed by atoms with Crippen molar-refractivity contribution in [1.29, 1.82) is 0 Å². The molecule has 0 aliphatic rings. The first kappa shape index (κ1) is 15.5.